The van der Waals surface area contributed by atoms with Gasteiger partial charge in [0.25, 0.3) is 5.91 Å². The van der Waals surface area contributed by atoms with E-state index in [1.807, 2.05) is 18.2 Å². The number of carbonyl (C=O) groups excluding carboxylic acids is 1. The van der Waals surface area contributed by atoms with Crippen LogP contribution in [0.15, 0.2) is 48.5 Å². The van der Waals surface area contributed by atoms with E-state index in [2.05, 4.69) is 39.4 Å². The van der Waals surface area contributed by atoms with E-state index < -0.39 is 0 Å². The van der Waals surface area contributed by atoms with Gasteiger partial charge in [-0.05, 0) is 23.8 Å². The number of hydrogen-bond acceptors (Lipinski definition) is 4. The molecule has 0 aliphatic carbocycles. The van der Waals surface area contributed by atoms with E-state index >= 15 is 0 Å². The molecule has 1 heterocycles. The van der Waals surface area contributed by atoms with Gasteiger partial charge in [-0.1, -0.05) is 30.3 Å². The second-order valence-electron chi connectivity index (χ2n) is 6.10. The molecular weight excluding hydrogens is 300 g/mol. The van der Waals surface area contributed by atoms with Crippen molar-refractivity contribution in [3.63, 3.8) is 0 Å². The van der Waals surface area contributed by atoms with Crippen molar-refractivity contribution in [2.45, 2.75) is 6.54 Å². The van der Waals surface area contributed by atoms with Crippen molar-refractivity contribution < 1.29 is 4.79 Å². The molecule has 1 saturated heterocycles. The van der Waals surface area contributed by atoms with Crippen molar-refractivity contribution >= 4 is 17.3 Å². The van der Waals surface area contributed by atoms with E-state index in [0.29, 0.717) is 11.3 Å². The number of benzene rings is 2. The smallest absolute Gasteiger partial charge is 0.251 e. The van der Waals surface area contributed by atoms with Gasteiger partial charge in [-0.2, -0.15) is 0 Å². The van der Waals surface area contributed by atoms with Crippen LogP contribution in [0, 0.1) is 0 Å². The molecule has 0 aromatic heterocycles. The van der Waals surface area contributed by atoms with Gasteiger partial charge in [-0.3, -0.25) is 9.69 Å². The molecule has 24 heavy (non-hydrogen) atoms. The summed E-state index contributed by atoms with van der Waals surface area (Å²) in [5, 5.41) is 2.62. The van der Waals surface area contributed by atoms with Crippen LogP contribution in [0.4, 0.5) is 11.4 Å². The molecule has 0 spiro atoms. The summed E-state index contributed by atoms with van der Waals surface area (Å²) in [6.07, 6.45) is 0. The minimum atomic E-state index is -0.110. The number of nitrogens with one attached hydrogen (secondary N) is 1. The molecule has 1 amide bonds. The van der Waals surface area contributed by atoms with Gasteiger partial charge in [0.05, 0.1) is 11.4 Å². The highest BCUT2D eigenvalue weighted by molar-refractivity contribution is 5.96. The molecule has 1 aliphatic heterocycles. The van der Waals surface area contributed by atoms with Crippen LogP contribution in [-0.2, 0) is 6.54 Å². The fourth-order valence-electron chi connectivity index (χ4n) is 3.12. The number of hydrogen-bond donors (Lipinski definition) is 2. The zero-order valence-electron chi connectivity index (χ0n) is 14.0. The largest absolute Gasteiger partial charge is 0.397 e. The van der Waals surface area contributed by atoms with Crippen LogP contribution in [0.3, 0.4) is 0 Å². The van der Waals surface area contributed by atoms with E-state index in [0.717, 1.165) is 38.4 Å². The summed E-state index contributed by atoms with van der Waals surface area (Å²) in [6.45, 7) is 4.88. The normalized spacial score (nSPS) is 15.3. The minimum absolute atomic E-state index is 0.110. The van der Waals surface area contributed by atoms with Gasteiger partial charge in [0.15, 0.2) is 0 Å². The summed E-state index contributed by atoms with van der Waals surface area (Å²) in [5.41, 5.74) is 9.79. The molecule has 0 unspecified atom stereocenters. The number of amides is 1. The molecule has 2 aromatic rings. The molecule has 0 radical (unpaired) electrons. The summed E-state index contributed by atoms with van der Waals surface area (Å²) in [6, 6.07) is 16.1. The summed E-state index contributed by atoms with van der Waals surface area (Å²) in [5.74, 6) is -0.110. The van der Waals surface area contributed by atoms with Crippen molar-refractivity contribution in [3.8, 4) is 0 Å². The van der Waals surface area contributed by atoms with Crippen LogP contribution in [0.5, 0.6) is 0 Å². The molecule has 126 valence electrons. The monoisotopic (exact) mass is 324 g/mol. The fourth-order valence-corrected chi connectivity index (χ4v) is 3.12. The minimum Gasteiger partial charge on any atom is -0.397 e. The Morgan fingerprint density at radius 3 is 2.42 bits per heavy atom. The second kappa shape index (κ2) is 7.36. The van der Waals surface area contributed by atoms with Crippen molar-refractivity contribution in [1.29, 1.82) is 0 Å². The number of anilines is 2. The lowest BCUT2D eigenvalue weighted by atomic mass is 10.1. The zero-order valence-corrected chi connectivity index (χ0v) is 14.0. The lowest BCUT2D eigenvalue weighted by Gasteiger charge is -2.36. The third-order valence-electron chi connectivity index (χ3n) is 4.48. The second-order valence-corrected chi connectivity index (χ2v) is 6.10. The standard InChI is InChI=1S/C19H24N4O/c1-21-19(24)16-7-8-18(17(20)13-16)23-11-9-22(10-12-23)14-15-5-3-2-4-6-15/h2-8,13H,9-12,14,20H2,1H3,(H,21,24). The molecule has 1 aliphatic rings. The Labute approximate surface area is 143 Å². The summed E-state index contributed by atoms with van der Waals surface area (Å²) < 4.78 is 0. The van der Waals surface area contributed by atoms with E-state index in [4.69, 9.17) is 5.73 Å². The zero-order chi connectivity index (χ0) is 16.9. The Morgan fingerprint density at radius 2 is 1.79 bits per heavy atom. The van der Waals surface area contributed by atoms with Gasteiger partial charge in [0, 0.05) is 45.3 Å². The van der Waals surface area contributed by atoms with Crippen LogP contribution in [0.25, 0.3) is 0 Å². The first-order chi connectivity index (χ1) is 11.7. The topological polar surface area (TPSA) is 61.6 Å². The summed E-state index contributed by atoms with van der Waals surface area (Å²) in [7, 11) is 1.62. The number of piperazine rings is 1. The average molecular weight is 324 g/mol. The molecule has 3 rings (SSSR count). The average Bonchev–Trinajstić information content (AvgIpc) is 2.62. The summed E-state index contributed by atoms with van der Waals surface area (Å²) >= 11 is 0. The molecule has 0 saturated carbocycles. The van der Waals surface area contributed by atoms with Gasteiger partial charge in [-0.25, -0.2) is 0 Å². The Kier molecular flexibility index (Phi) is 5.01. The first kappa shape index (κ1) is 16.3. The van der Waals surface area contributed by atoms with Gasteiger partial charge in [0.1, 0.15) is 0 Å². The van der Waals surface area contributed by atoms with Gasteiger partial charge >= 0.3 is 0 Å². The molecule has 1 fully saturated rings. The van der Waals surface area contributed by atoms with E-state index in [-0.39, 0.29) is 5.91 Å². The molecule has 5 nitrogen and oxygen atoms in total. The highest BCUT2D eigenvalue weighted by Gasteiger charge is 2.19. The first-order valence-electron chi connectivity index (χ1n) is 8.30. The van der Waals surface area contributed by atoms with Crippen molar-refractivity contribution in [1.82, 2.24) is 10.2 Å². The van der Waals surface area contributed by atoms with Gasteiger partial charge < -0.3 is 16.0 Å². The lowest BCUT2D eigenvalue weighted by Crippen LogP contribution is -2.46. The molecule has 0 atom stereocenters. The van der Waals surface area contributed by atoms with E-state index in [1.165, 1.54) is 5.56 Å². The Hall–Kier alpha value is -2.53. The van der Waals surface area contributed by atoms with E-state index in [9.17, 15) is 4.79 Å². The fraction of sp³-hybridized carbons (Fsp3) is 0.316. The highest BCUT2D eigenvalue weighted by atomic mass is 16.1. The third-order valence-corrected chi connectivity index (χ3v) is 4.48. The van der Waals surface area contributed by atoms with Crippen LogP contribution >= 0.6 is 0 Å². The van der Waals surface area contributed by atoms with Crippen molar-refractivity contribution in [2.75, 3.05) is 43.9 Å². The van der Waals surface area contributed by atoms with E-state index in [1.54, 1.807) is 13.1 Å². The SMILES string of the molecule is CNC(=O)c1ccc(N2CCN(Cc3ccccc3)CC2)c(N)c1. The van der Waals surface area contributed by atoms with Crippen LogP contribution < -0.4 is 16.0 Å². The third kappa shape index (κ3) is 3.68. The Balaban J connectivity index is 1.61. The van der Waals surface area contributed by atoms with Crippen LogP contribution in [-0.4, -0.2) is 44.0 Å². The number of nitrogen functional groups attached to an aromatic ring is 1. The predicted octanol–water partition coefficient (Wildman–Crippen LogP) is 1.95. The molecular formula is C19H24N4O. The van der Waals surface area contributed by atoms with Crippen LogP contribution in [0.1, 0.15) is 15.9 Å². The number of rotatable bonds is 4. The molecule has 2 aromatic carbocycles. The maximum Gasteiger partial charge on any atom is 0.251 e. The maximum absolute atomic E-state index is 11.7. The quantitative estimate of drug-likeness (QED) is 0.844. The molecule has 3 N–H and O–H groups in total. The predicted molar refractivity (Wildman–Crippen MR) is 98.2 cm³/mol. The molecule has 0 bridgehead atoms. The van der Waals surface area contributed by atoms with Crippen molar-refractivity contribution in [3.05, 3.63) is 59.7 Å². The highest BCUT2D eigenvalue weighted by Crippen LogP contribution is 2.25. The molecule has 5 heteroatoms. The summed E-state index contributed by atoms with van der Waals surface area (Å²) in [4.78, 5) is 16.4. The number of nitrogens with two attached hydrogens (primary N) is 1. The van der Waals surface area contributed by atoms with Crippen LogP contribution in [0.2, 0.25) is 0 Å². The first-order valence-corrected chi connectivity index (χ1v) is 8.30. The number of carbonyl (C=O) groups is 1. The Bertz CT molecular complexity index is 694. The van der Waals surface area contributed by atoms with Gasteiger partial charge in [-0.15, -0.1) is 0 Å². The lowest BCUT2D eigenvalue weighted by molar-refractivity contribution is 0.0963. The van der Waals surface area contributed by atoms with Crippen molar-refractivity contribution in [2.24, 2.45) is 0 Å². The van der Waals surface area contributed by atoms with Gasteiger partial charge in [0.2, 0.25) is 0 Å². The maximum atomic E-state index is 11.7. The Morgan fingerprint density at radius 1 is 1.08 bits per heavy atom. The number of nitrogens with zero attached hydrogens (tertiary/aromatic N) is 2.